The molecule has 2 aromatic rings. The van der Waals surface area contributed by atoms with Crippen LogP contribution in [0.15, 0.2) is 48.5 Å². The molecule has 2 aromatic carbocycles. The third-order valence-corrected chi connectivity index (χ3v) is 5.30. The first kappa shape index (κ1) is 24.7. The molecule has 0 bridgehead atoms. The Morgan fingerprint density at radius 1 is 1.13 bits per heavy atom. The summed E-state index contributed by atoms with van der Waals surface area (Å²) < 4.78 is 5.73. The quantitative estimate of drug-likeness (QED) is 0.461. The number of hydrogen-bond acceptors (Lipinski definition) is 3. The summed E-state index contributed by atoms with van der Waals surface area (Å²) in [5, 5.41) is 3.53. The van der Waals surface area contributed by atoms with Crippen molar-refractivity contribution in [3.05, 3.63) is 64.7 Å². The van der Waals surface area contributed by atoms with Crippen molar-refractivity contribution >= 4 is 23.4 Å². The second-order valence-electron chi connectivity index (χ2n) is 7.74. The van der Waals surface area contributed by atoms with E-state index in [1.54, 1.807) is 17.9 Å². The van der Waals surface area contributed by atoms with Crippen molar-refractivity contribution in [3.63, 3.8) is 0 Å². The first-order chi connectivity index (χ1) is 14.9. The molecule has 1 atom stereocenters. The van der Waals surface area contributed by atoms with Gasteiger partial charge in [-0.2, -0.15) is 0 Å². The average Bonchev–Trinajstić information content (AvgIpc) is 2.76. The Morgan fingerprint density at radius 2 is 1.87 bits per heavy atom. The minimum absolute atomic E-state index is 0.0781. The number of ether oxygens (including phenoxy) is 1. The lowest BCUT2D eigenvalue weighted by Gasteiger charge is -2.29. The number of hydrogen-bond donors (Lipinski definition) is 1. The molecule has 31 heavy (non-hydrogen) atoms. The highest BCUT2D eigenvalue weighted by Gasteiger charge is 2.25. The van der Waals surface area contributed by atoms with Crippen LogP contribution >= 0.6 is 11.6 Å². The number of carbonyl (C=O) groups excluding carboxylic acids is 2. The molecule has 0 fully saturated rings. The van der Waals surface area contributed by atoms with Crippen molar-refractivity contribution in [2.75, 3.05) is 13.2 Å². The molecule has 0 aliphatic carbocycles. The molecule has 5 nitrogen and oxygen atoms in total. The van der Waals surface area contributed by atoms with Crippen LogP contribution in [0.3, 0.4) is 0 Å². The number of nitrogens with one attached hydrogen (secondary N) is 1. The summed E-state index contributed by atoms with van der Waals surface area (Å²) in [6.45, 7) is 7.26. The van der Waals surface area contributed by atoms with Crippen LogP contribution in [0.25, 0.3) is 0 Å². The zero-order valence-corrected chi connectivity index (χ0v) is 19.5. The van der Waals surface area contributed by atoms with E-state index in [4.69, 9.17) is 16.3 Å². The molecule has 0 spiro atoms. The largest absolute Gasteiger partial charge is 0.494 e. The van der Waals surface area contributed by atoms with Gasteiger partial charge in [0.05, 0.1) is 6.61 Å². The van der Waals surface area contributed by atoms with E-state index >= 15 is 0 Å². The molecule has 2 rings (SSSR count). The molecule has 0 radical (unpaired) electrons. The highest BCUT2D eigenvalue weighted by molar-refractivity contribution is 6.30. The van der Waals surface area contributed by atoms with Gasteiger partial charge in [0, 0.05) is 24.5 Å². The second kappa shape index (κ2) is 13.0. The maximum Gasteiger partial charge on any atom is 0.242 e. The smallest absolute Gasteiger partial charge is 0.242 e. The van der Waals surface area contributed by atoms with Gasteiger partial charge in [0.2, 0.25) is 11.8 Å². The van der Waals surface area contributed by atoms with Crippen molar-refractivity contribution in [1.29, 1.82) is 0 Å². The lowest BCUT2D eigenvalue weighted by molar-refractivity contribution is -0.140. The van der Waals surface area contributed by atoms with Crippen molar-refractivity contribution in [2.45, 2.75) is 59.0 Å². The number of carbonyl (C=O) groups is 2. The van der Waals surface area contributed by atoms with Crippen LogP contribution in [0.2, 0.25) is 5.02 Å². The first-order valence-corrected chi connectivity index (χ1v) is 11.3. The van der Waals surface area contributed by atoms with E-state index in [0.29, 0.717) is 37.6 Å². The zero-order valence-electron chi connectivity index (χ0n) is 18.7. The highest BCUT2D eigenvalue weighted by Crippen LogP contribution is 2.17. The minimum atomic E-state index is -0.568. The van der Waals surface area contributed by atoms with E-state index in [1.165, 1.54) is 5.56 Å². The van der Waals surface area contributed by atoms with Crippen LogP contribution in [0.4, 0.5) is 0 Å². The molecular weight excluding hydrogens is 412 g/mol. The average molecular weight is 445 g/mol. The van der Waals surface area contributed by atoms with Crippen molar-refractivity contribution < 1.29 is 14.3 Å². The molecule has 0 unspecified atom stereocenters. The fraction of sp³-hybridized carbons (Fsp3) is 0.440. The highest BCUT2D eigenvalue weighted by atomic mass is 35.5. The number of aryl methyl sites for hydroxylation is 1. The van der Waals surface area contributed by atoms with Crippen LogP contribution < -0.4 is 10.1 Å². The Morgan fingerprint density at radius 3 is 2.55 bits per heavy atom. The van der Waals surface area contributed by atoms with Crippen LogP contribution in [0.5, 0.6) is 5.75 Å². The maximum atomic E-state index is 13.0. The Balaban J connectivity index is 1.97. The molecule has 0 saturated carbocycles. The van der Waals surface area contributed by atoms with Gasteiger partial charge in [-0.15, -0.1) is 0 Å². The number of benzene rings is 2. The van der Waals surface area contributed by atoms with Crippen molar-refractivity contribution in [1.82, 2.24) is 10.2 Å². The summed E-state index contributed by atoms with van der Waals surface area (Å²) in [5.74, 6) is 0.572. The molecule has 6 heteroatoms. The van der Waals surface area contributed by atoms with Gasteiger partial charge in [-0.25, -0.2) is 0 Å². The predicted molar refractivity (Wildman–Crippen MR) is 125 cm³/mol. The van der Waals surface area contributed by atoms with Crippen LogP contribution in [-0.2, 0) is 16.1 Å². The van der Waals surface area contributed by atoms with E-state index in [1.807, 2.05) is 49.4 Å². The van der Waals surface area contributed by atoms with Gasteiger partial charge in [-0.05, 0) is 56.5 Å². The van der Waals surface area contributed by atoms with Crippen LogP contribution in [-0.4, -0.2) is 35.9 Å². The Hall–Kier alpha value is -2.53. The minimum Gasteiger partial charge on any atom is -0.494 e. The van der Waals surface area contributed by atoms with E-state index < -0.39 is 6.04 Å². The normalized spacial score (nSPS) is 11.6. The van der Waals surface area contributed by atoms with Gasteiger partial charge in [-0.1, -0.05) is 54.8 Å². The first-order valence-electron chi connectivity index (χ1n) is 10.9. The molecule has 2 amide bonds. The van der Waals surface area contributed by atoms with Crippen molar-refractivity contribution in [2.24, 2.45) is 0 Å². The number of amides is 2. The Labute approximate surface area is 190 Å². The lowest BCUT2D eigenvalue weighted by atomic mass is 10.1. The van der Waals surface area contributed by atoms with Crippen molar-refractivity contribution in [3.8, 4) is 5.75 Å². The monoisotopic (exact) mass is 444 g/mol. The maximum absolute atomic E-state index is 13.0. The van der Waals surface area contributed by atoms with Gasteiger partial charge in [-0.3, -0.25) is 9.59 Å². The van der Waals surface area contributed by atoms with Gasteiger partial charge < -0.3 is 15.0 Å². The number of unbranched alkanes of at least 4 members (excludes halogenated alkanes) is 1. The predicted octanol–water partition coefficient (Wildman–Crippen LogP) is 5.14. The van der Waals surface area contributed by atoms with E-state index in [-0.39, 0.29) is 11.8 Å². The number of halogens is 1. The molecule has 0 aliphatic rings. The van der Waals surface area contributed by atoms with E-state index in [2.05, 4.69) is 12.2 Å². The van der Waals surface area contributed by atoms with Gasteiger partial charge in [0.15, 0.2) is 0 Å². The third-order valence-electron chi connectivity index (χ3n) is 5.06. The van der Waals surface area contributed by atoms with E-state index in [0.717, 1.165) is 24.2 Å². The Kier molecular flexibility index (Phi) is 10.4. The third kappa shape index (κ3) is 8.62. The molecule has 0 saturated heterocycles. The number of nitrogens with zero attached hydrogens (tertiary/aromatic N) is 1. The fourth-order valence-corrected chi connectivity index (χ4v) is 3.36. The molecule has 0 aromatic heterocycles. The summed E-state index contributed by atoms with van der Waals surface area (Å²) in [4.78, 5) is 27.3. The molecular formula is C25H33ClN2O3. The van der Waals surface area contributed by atoms with Gasteiger partial charge in [0.25, 0.3) is 0 Å². The standard InChI is InChI=1S/C25H33ClN2O3/c1-4-5-15-27-25(30)20(3)28(18-21-8-6-9-22(26)17-21)24(29)10-7-16-31-23-13-11-19(2)12-14-23/h6,8-9,11-14,17,20H,4-5,7,10,15-16,18H2,1-3H3,(H,27,30)/t20-/m1/s1. The molecule has 0 aliphatic heterocycles. The topological polar surface area (TPSA) is 58.6 Å². The van der Waals surface area contributed by atoms with E-state index in [9.17, 15) is 9.59 Å². The second-order valence-corrected chi connectivity index (χ2v) is 8.17. The fourth-order valence-electron chi connectivity index (χ4n) is 3.14. The summed E-state index contributed by atoms with van der Waals surface area (Å²) in [7, 11) is 0. The zero-order chi connectivity index (χ0) is 22.6. The van der Waals surface area contributed by atoms with Gasteiger partial charge >= 0.3 is 0 Å². The SMILES string of the molecule is CCCCNC(=O)[C@@H](C)N(Cc1cccc(Cl)c1)C(=O)CCCOc1ccc(C)cc1. The van der Waals surface area contributed by atoms with Crippen LogP contribution in [0.1, 0.15) is 50.7 Å². The van der Waals surface area contributed by atoms with Gasteiger partial charge in [0.1, 0.15) is 11.8 Å². The number of rotatable bonds is 12. The molecule has 1 N–H and O–H groups in total. The lowest BCUT2D eigenvalue weighted by Crippen LogP contribution is -2.47. The summed E-state index contributed by atoms with van der Waals surface area (Å²) in [6, 6.07) is 14.6. The molecule has 168 valence electrons. The molecule has 0 heterocycles. The summed E-state index contributed by atoms with van der Waals surface area (Å²) in [6.07, 6.45) is 2.79. The van der Waals surface area contributed by atoms with Crippen LogP contribution in [0, 0.1) is 6.92 Å². The Bertz CT molecular complexity index is 839. The summed E-state index contributed by atoms with van der Waals surface area (Å²) in [5.41, 5.74) is 2.07. The summed E-state index contributed by atoms with van der Waals surface area (Å²) >= 11 is 6.11.